The third-order valence-corrected chi connectivity index (χ3v) is 11.2. The molecule has 0 spiro atoms. The molecule has 5 unspecified atom stereocenters. The molecule has 2 heterocycles. The second-order valence-electron chi connectivity index (χ2n) is 14.1. The fourth-order valence-electron chi connectivity index (χ4n) is 6.30. The zero-order valence-electron chi connectivity index (χ0n) is 28.1. The van der Waals surface area contributed by atoms with Crippen molar-refractivity contribution in [3.63, 3.8) is 0 Å². The lowest BCUT2D eigenvalue weighted by Crippen LogP contribution is -2.60. The first-order chi connectivity index (χ1) is 23.7. The van der Waals surface area contributed by atoms with E-state index in [4.69, 9.17) is 9.47 Å². The number of fused-ring (bicyclic) bond motifs is 1. The third kappa shape index (κ3) is 7.30. The van der Waals surface area contributed by atoms with Gasteiger partial charge < -0.3 is 25.0 Å². The number of hydrogen-bond acceptors (Lipinski definition) is 9. The van der Waals surface area contributed by atoms with Gasteiger partial charge in [-0.15, -0.1) is 6.58 Å². The maximum atomic E-state index is 14.4. The van der Waals surface area contributed by atoms with Crippen LogP contribution in [-0.4, -0.2) is 77.6 Å². The van der Waals surface area contributed by atoms with Gasteiger partial charge in [-0.3, -0.25) is 19.1 Å². The number of nitrogens with zero attached hydrogens (tertiary/aromatic N) is 2. The van der Waals surface area contributed by atoms with Crippen LogP contribution >= 0.6 is 0 Å². The number of sulfonamides is 1. The van der Waals surface area contributed by atoms with Gasteiger partial charge in [0.2, 0.25) is 27.7 Å². The zero-order chi connectivity index (χ0) is 35.8. The van der Waals surface area contributed by atoms with Gasteiger partial charge in [-0.05, 0) is 54.3 Å². The zero-order valence-corrected chi connectivity index (χ0v) is 28.9. The number of ether oxygens (including phenoxy) is 2. The molecule has 2 aliphatic carbocycles. The highest BCUT2D eigenvalue weighted by molar-refractivity contribution is 7.91. The molecule has 1 aliphatic heterocycles. The molecule has 4 amide bonds. The number of aromatic nitrogens is 1. The highest BCUT2D eigenvalue weighted by Crippen LogP contribution is 2.45. The summed E-state index contributed by atoms with van der Waals surface area (Å²) in [5.74, 6) is -1.98. The number of amides is 4. The number of likely N-dealkylation sites (tertiary alicyclic amines) is 1. The molecule has 3 fully saturated rings. The maximum Gasteiger partial charge on any atom is 0.413 e. The van der Waals surface area contributed by atoms with Crippen LogP contribution in [0.15, 0.2) is 79.5 Å². The molecule has 264 valence electrons. The molecular weight excluding hydrogens is 662 g/mol. The Bertz CT molecular complexity index is 1920. The predicted octanol–water partition coefficient (Wildman–Crippen LogP) is 3.46. The molecule has 3 aliphatic rings. The molecule has 14 heteroatoms. The summed E-state index contributed by atoms with van der Waals surface area (Å²) < 4.78 is 39.2. The predicted molar refractivity (Wildman–Crippen MR) is 184 cm³/mol. The van der Waals surface area contributed by atoms with Gasteiger partial charge in [-0.25, -0.2) is 18.2 Å². The van der Waals surface area contributed by atoms with Gasteiger partial charge in [0, 0.05) is 23.9 Å². The molecule has 3 aromatic rings. The van der Waals surface area contributed by atoms with E-state index in [9.17, 15) is 27.6 Å². The Morgan fingerprint density at radius 2 is 1.74 bits per heavy atom. The lowest BCUT2D eigenvalue weighted by molar-refractivity contribution is -0.142. The van der Waals surface area contributed by atoms with E-state index in [1.807, 2.05) is 30.3 Å². The van der Waals surface area contributed by atoms with E-state index in [1.54, 1.807) is 57.3 Å². The first-order valence-corrected chi connectivity index (χ1v) is 18.1. The molecule has 0 radical (unpaired) electrons. The second kappa shape index (κ2) is 13.4. The van der Waals surface area contributed by atoms with E-state index in [2.05, 4.69) is 26.9 Å². The van der Waals surface area contributed by atoms with E-state index in [1.165, 1.54) is 11.0 Å². The Balaban J connectivity index is 1.27. The molecule has 2 saturated carbocycles. The molecule has 2 aromatic carbocycles. The Hall–Kier alpha value is -4.98. The standard InChI is InChI=1S/C36H41N5O8S/c1-5-23-20-36(23,33(44)40-50(46,47)26-15-16-26)39-30(42)28-19-25(48-31-27-14-10-9-11-22(27)17-18-37-31)21-41(28)32(43)29(35(2,3)4)38-34(45)49-24-12-7-6-8-13-24/h5-14,17-18,23,25-26,28-29H,1,15-16,19-21H2,2-4H3,(H,38,45)(H,39,42)(H,40,44). The van der Waals surface area contributed by atoms with Crippen LogP contribution < -0.4 is 24.8 Å². The van der Waals surface area contributed by atoms with Gasteiger partial charge in [-0.2, -0.15) is 0 Å². The summed E-state index contributed by atoms with van der Waals surface area (Å²) in [5, 5.41) is 6.47. The van der Waals surface area contributed by atoms with Gasteiger partial charge in [0.15, 0.2) is 0 Å². The molecular formula is C36H41N5O8S. The van der Waals surface area contributed by atoms with E-state index in [-0.39, 0.29) is 25.1 Å². The van der Waals surface area contributed by atoms with Crippen molar-refractivity contribution in [2.75, 3.05) is 6.54 Å². The minimum atomic E-state index is -3.89. The van der Waals surface area contributed by atoms with E-state index < -0.39 is 74.1 Å². The highest BCUT2D eigenvalue weighted by atomic mass is 32.2. The fraction of sp³-hybridized carbons (Fsp3) is 0.417. The number of nitrogens with one attached hydrogen (secondary N) is 3. The van der Waals surface area contributed by atoms with Crippen molar-refractivity contribution in [2.24, 2.45) is 11.3 Å². The van der Waals surface area contributed by atoms with Gasteiger partial charge in [0.25, 0.3) is 5.91 Å². The molecule has 3 N–H and O–H groups in total. The lowest BCUT2D eigenvalue weighted by Gasteiger charge is -2.35. The van der Waals surface area contributed by atoms with Crippen LogP contribution in [-0.2, 0) is 24.4 Å². The number of pyridine rings is 1. The Kier molecular flexibility index (Phi) is 9.33. The van der Waals surface area contributed by atoms with Crippen molar-refractivity contribution in [1.29, 1.82) is 0 Å². The average molecular weight is 704 g/mol. The SMILES string of the molecule is C=CC1CC1(NC(=O)C1CC(Oc2nccc3ccccc23)CN1C(=O)C(NC(=O)Oc1ccccc1)C(C)(C)C)C(=O)NS(=O)(=O)C1CC1. The summed E-state index contributed by atoms with van der Waals surface area (Å²) in [6.45, 7) is 9.04. The Morgan fingerprint density at radius 3 is 2.40 bits per heavy atom. The summed E-state index contributed by atoms with van der Waals surface area (Å²) in [6.07, 6.45) is 2.66. The molecule has 5 atom stereocenters. The van der Waals surface area contributed by atoms with Gasteiger partial charge in [0.05, 0.1) is 11.8 Å². The first kappa shape index (κ1) is 34.9. The summed E-state index contributed by atoms with van der Waals surface area (Å²) in [4.78, 5) is 60.8. The minimum absolute atomic E-state index is 0.0324. The van der Waals surface area contributed by atoms with E-state index in [0.717, 1.165) is 10.8 Å². The van der Waals surface area contributed by atoms with E-state index >= 15 is 0 Å². The number of carbonyl (C=O) groups is 4. The lowest BCUT2D eigenvalue weighted by atomic mass is 9.85. The van der Waals surface area contributed by atoms with Gasteiger partial charge >= 0.3 is 6.09 Å². The van der Waals surface area contributed by atoms with Crippen molar-refractivity contribution in [3.8, 4) is 11.6 Å². The van der Waals surface area contributed by atoms with Crippen molar-refractivity contribution in [3.05, 3.63) is 79.5 Å². The number of para-hydroxylation sites is 1. The monoisotopic (exact) mass is 703 g/mol. The van der Waals surface area contributed by atoms with Crippen LogP contribution in [0.5, 0.6) is 11.6 Å². The topological polar surface area (TPSA) is 173 Å². The van der Waals surface area contributed by atoms with Crippen LogP contribution in [0.4, 0.5) is 4.79 Å². The summed E-state index contributed by atoms with van der Waals surface area (Å²) in [6, 6.07) is 15.5. The van der Waals surface area contributed by atoms with E-state index in [0.29, 0.717) is 18.7 Å². The number of hydrogen-bond donors (Lipinski definition) is 3. The van der Waals surface area contributed by atoms with Crippen molar-refractivity contribution in [1.82, 2.24) is 25.2 Å². The quantitative estimate of drug-likeness (QED) is 0.253. The highest BCUT2D eigenvalue weighted by Gasteiger charge is 2.62. The van der Waals surface area contributed by atoms with Crippen LogP contribution in [0.3, 0.4) is 0 Å². The van der Waals surface area contributed by atoms with Crippen molar-refractivity contribution in [2.45, 2.75) is 75.4 Å². The number of rotatable bonds is 11. The smallest absolute Gasteiger partial charge is 0.413 e. The number of benzene rings is 2. The summed E-state index contributed by atoms with van der Waals surface area (Å²) in [7, 11) is -3.89. The minimum Gasteiger partial charge on any atom is -0.472 e. The molecule has 1 aromatic heterocycles. The van der Waals surface area contributed by atoms with Gasteiger partial charge in [0.1, 0.15) is 29.5 Å². The Labute approximate surface area is 290 Å². The molecule has 0 bridgehead atoms. The van der Waals surface area contributed by atoms with Gasteiger partial charge in [-0.1, -0.05) is 63.2 Å². The molecule has 6 rings (SSSR count). The van der Waals surface area contributed by atoms with Crippen molar-refractivity contribution < 1.29 is 37.1 Å². The summed E-state index contributed by atoms with van der Waals surface area (Å²) in [5.41, 5.74) is -2.38. The van der Waals surface area contributed by atoms with Crippen LogP contribution in [0.25, 0.3) is 10.8 Å². The largest absolute Gasteiger partial charge is 0.472 e. The molecule has 1 saturated heterocycles. The van der Waals surface area contributed by atoms with Crippen molar-refractivity contribution >= 4 is 44.6 Å². The normalized spacial score (nSPS) is 23.7. The Morgan fingerprint density at radius 1 is 1.04 bits per heavy atom. The van der Waals surface area contributed by atoms with Crippen LogP contribution in [0.1, 0.15) is 46.5 Å². The fourth-order valence-corrected chi connectivity index (χ4v) is 7.66. The summed E-state index contributed by atoms with van der Waals surface area (Å²) >= 11 is 0. The molecule has 50 heavy (non-hydrogen) atoms. The average Bonchev–Trinajstić information content (AvgIpc) is 4.00. The molecule has 13 nitrogen and oxygen atoms in total. The second-order valence-corrected chi connectivity index (χ2v) is 16.1. The number of carbonyl (C=O) groups excluding carboxylic acids is 4. The first-order valence-electron chi connectivity index (χ1n) is 16.6. The third-order valence-electron chi connectivity index (χ3n) is 9.34. The van der Waals surface area contributed by atoms with Crippen LogP contribution in [0.2, 0.25) is 0 Å². The maximum absolute atomic E-state index is 14.4. The van der Waals surface area contributed by atoms with Crippen LogP contribution in [0, 0.1) is 11.3 Å².